The molecule has 1 N–H and O–H groups in total. The normalized spacial score (nSPS) is 10.1. The second-order valence-electron chi connectivity index (χ2n) is 3.29. The van der Waals surface area contributed by atoms with Gasteiger partial charge in [-0.25, -0.2) is 0 Å². The molecule has 0 aromatic carbocycles. The van der Waals surface area contributed by atoms with Crippen molar-refractivity contribution in [2.45, 2.75) is 13.3 Å². The Kier molecular flexibility index (Phi) is 3.91. The van der Waals surface area contributed by atoms with Crippen LogP contribution in [0.15, 0.2) is 12.3 Å². The highest BCUT2D eigenvalue weighted by molar-refractivity contribution is 6.33. The van der Waals surface area contributed by atoms with Crippen molar-refractivity contribution in [2.75, 3.05) is 18.5 Å². The van der Waals surface area contributed by atoms with Crippen molar-refractivity contribution >= 4 is 23.3 Å². The average molecular weight is 229 g/mol. The molecule has 0 aliphatic heterocycles. The molecule has 0 spiro atoms. The van der Waals surface area contributed by atoms with E-state index in [0.717, 1.165) is 11.4 Å². The van der Waals surface area contributed by atoms with E-state index in [1.165, 1.54) is 0 Å². The van der Waals surface area contributed by atoms with Crippen LogP contribution < -0.4 is 4.90 Å². The fraction of sp³-hybridized carbons (Fsp3) is 0.400. The SMILES string of the molecule is Cc1nccc(N(C)CCC(=O)O)c1Cl. The Labute approximate surface area is 93.5 Å². The predicted molar refractivity (Wildman–Crippen MR) is 59.5 cm³/mol. The van der Waals surface area contributed by atoms with Gasteiger partial charge in [-0.3, -0.25) is 9.78 Å². The van der Waals surface area contributed by atoms with E-state index in [4.69, 9.17) is 16.7 Å². The molecule has 0 saturated carbocycles. The van der Waals surface area contributed by atoms with Gasteiger partial charge in [0.25, 0.3) is 0 Å². The van der Waals surface area contributed by atoms with E-state index in [9.17, 15) is 4.79 Å². The Morgan fingerprint density at radius 3 is 2.93 bits per heavy atom. The number of aryl methyl sites for hydroxylation is 1. The first-order valence-corrected chi connectivity index (χ1v) is 4.94. The molecule has 4 nitrogen and oxygen atoms in total. The van der Waals surface area contributed by atoms with Crippen molar-refractivity contribution in [1.82, 2.24) is 4.98 Å². The quantitative estimate of drug-likeness (QED) is 0.856. The molecule has 0 amide bonds. The number of halogens is 1. The lowest BCUT2D eigenvalue weighted by molar-refractivity contribution is -0.136. The Morgan fingerprint density at radius 2 is 2.33 bits per heavy atom. The summed E-state index contributed by atoms with van der Waals surface area (Å²) in [6.45, 7) is 2.25. The third-order valence-electron chi connectivity index (χ3n) is 2.12. The topological polar surface area (TPSA) is 53.4 Å². The largest absolute Gasteiger partial charge is 0.481 e. The van der Waals surface area contributed by atoms with Crippen LogP contribution in [-0.2, 0) is 4.79 Å². The fourth-order valence-electron chi connectivity index (χ4n) is 1.21. The lowest BCUT2D eigenvalue weighted by atomic mass is 10.3. The lowest BCUT2D eigenvalue weighted by Gasteiger charge is -2.19. The van der Waals surface area contributed by atoms with Gasteiger partial charge >= 0.3 is 5.97 Å². The molecule has 0 unspecified atom stereocenters. The van der Waals surface area contributed by atoms with E-state index in [1.54, 1.807) is 12.3 Å². The lowest BCUT2D eigenvalue weighted by Crippen LogP contribution is -2.21. The van der Waals surface area contributed by atoms with Crippen LogP contribution >= 0.6 is 11.6 Å². The van der Waals surface area contributed by atoms with E-state index in [0.29, 0.717) is 11.6 Å². The summed E-state index contributed by atoms with van der Waals surface area (Å²) >= 11 is 6.05. The monoisotopic (exact) mass is 228 g/mol. The van der Waals surface area contributed by atoms with Crippen LogP contribution in [0.2, 0.25) is 5.02 Å². The number of aromatic nitrogens is 1. The summed E-state index contributed by atoms with van der Waals surface area (Å²) in [6.07, 6.45) is 1.75. The Morgan fingerprint density at radius 1 is 1.67 bits per heavy atom. The predicted octanol–water partition coefficient (Wildman–Crippen LogP) is 1.95. The molecular formula is C10H13ClN2O2. The third kappa shape index (κ3) is 3.09. The first kappa shape index (κ1) is 11.8. The number of carboxylic acid groups (broad SMARTS) is 1. The van der Waals surface area contributed by atoms with Crippen LogP contribution in [-0.4, -0.2) is 29.7 Å². The summed E-state index contributed by atoms with van der Waals surface area (Å²) in [5.74, 6) is -0.816. The number of carbonyl (C=O) groups is 1. The van der Waals surface area contributed by atoms with E-state index in [2.05, 4.69) is 4.98 Å². The zero-order chi connectivity index (χ0) is 11.4. The Bertz CT molecular complexity index is 368. The molecule has 0 fully saturated rings. The second-order valence-corrected chi connectivity index (χ2v) is 3.67. The number of rotatable bonds is 4. The average Bonchev–Trinajstić information content (AvgIpc) is 2.18. The van der Waals surface area contributed by atoms with Crippen LogP contribution in [0.5, 0.6) is 0 Å². The maximum absolute atomic E-state index is 10.4. The number of carboxylic acids is 1. The highest BCUT2D eigenvalue weighted by Crippen LogP contribution is 2.26. The van der Waals surface area contributed by atoms with Crippen molar-refractivity contribution < 1.29 is 9.90 Å². The first-order valence-electron chi connectivity index (χ1n) is 4.56. The van der Waals surface area contributed by atoms with Crippen LogP contribution in [0.4, 0.5) is 5.69 Å². The molecule has 82 valence electrons. The Hall–Kier alpha value is -1.29. The summed E-state index contributed by atoms with van der Waals surface area (Å²) in [4.78, 5) is 16.3. The van der Waals surface area contributed by atoms with Gasteiger partial charge in [-0.05, 0) is 13.0 Å². The maximum atomic E-state index is 10.4. The minimum absolute atomic E-state index is 0.0915. The van der Waals surface area contributed by atoms with Gasteiger partial charge in [0.1, 0.15) is 0 Å². The number of pyridine rings is 1. The molecule has 0 atom stereocenters. The van der Waals surface area contributed by atoms with Gasteiger partial charge in [0, 0.05) is 19.8 Å². The van der Waals surface area contributed by atoms with Gasteiger partial charge in [0.2, 0.25) is 0 Å². The fourth-order valence-corrected chi connectivity index (χ4v) is 1.47. The molecule has 1 rings (SSSR count). The van der Waals surface area contributed by atoms with E-state index in [-0.39, 0.29) is 6.42 Å². The van der Waals surface area contributed by atoms with Crippen LogP contribution in [0.1, 0.15) is 12.1 Å². The van der Waals surface area contributed by atoms with Crippen molar-refractivity contribution in [1.29, 1.82) is 0 Å². The van der Waals surface area contributed by atoms with Crippen LogP contribution in [0.25, 0.3) is 0 Å². The number of nitrogens with zero attached hydrogens (tertiary/aromatic N) is 2. The third-order valence-corrected chi connectivity index (χ3v) is 2.58. The highest BCUT2D eigenvalue weighted by atomic mass is 35.5. The van der Waals surface area contributed by atoms with Crippen molar-refractivity contribution in [2.24, 2.45) is 0 Å². The molecule has 0 aliphatic carbocycles. The maximum Gasteiger partial charge on any atom is 0.305 e. The number of aliphatic carboxylic acids is 1. The number of hydrogen-bond donors (Lipinski definition) is 1. The van der Waals surface area contributed by atoms with Crippen molar-refractivity contribution in [3.63, 3.8) is 0 Å². The van der Waals surface area contributed by atoms with Gasteiger partial charge in [-0.15, -0.1) is 0 Å². The molecule has 0 saturated heterocycles. The van der Waals surface area contributed by atoms with E-state index >= 15 is 0 Å². The molecule has 1 aromatic rings. The van der Waals surface area contributed by atoms with Gasteiger partial charge in [-0.2, -0.15) is 0 Å². The van der Waals surface area contributed by atoms with E-state index < -0.39 is 5.97 Å². The molecule has 0 aliphatic rings. The smallest absolute Gasteiger partial charge is 0.305 e. The standard InChI is InChI=1S/C10H13ClN2O2/c1-7-10(11)8(3-5-12-7)13(2)6-4-9(14)15/h3,5H,4,6H2,1-2H3,(H,14,15). The minimum atomic E-state index is -0.816. The second kappa shape index (κ2) is 4.98. The molecule has 5 heteroatoms. The van der Waals surface area contributed by atoms with Gasteiger partial charge < -0.3 is 10.0 Å². The molecule has 15 heavy (non-hydrogen) atoms. The first-order chi connectivity index (χ1) is 7.02. The minimum Gasteiger partial charge on any atom is -0.481 e. The molecule has 0 radical (unpaired) electrons. The van der Waals surface area contributed by atoms with E-state index in [1.807, 2.05) is 18.9 Å². The zero-order valence-electron chi connectivity index (χ0n) is 8.70. The summed E-state index contributed by atoms with van der Waals surface area (Å²) < 4.78 is 0. The molecule has 0 bridgehead atoms. The highest BCUT2D eigenvalue weighted by Gasteiger charge is 2.09. The molecule has 1 heterocycles. The zero-order valence-corrected chi connectivity index (χ0v) is 9.45. The summed E-state index contributed by atoms with van der Waals surface area (Å²) in [5.41, 5.74) is 1.56. The Balaban J connectivity index is 2.77. The van der Waals surface area contributed by atoms with Crippen LogP contribution in [0, 0.1) is 6.92 Å². The van der Waals surface area contributed by atoms with Gasteiger partial charge in [-0.1, -0.05) is 11.6 Å². The van der Waals surface area contributed by atoms with Crippen molar-refractivity contribution in [3.05, 3.63) is 23.0 Å². The van der Waals surface area contributed by atoms with Crippen LogP contribution in [0.3, 0.4) is 0 Å². The number of anilines is 1. The molecule has 1 aromatic heterocycles. The summed E-state index contributed by atoms with van der Waals surface area (Å²) in [6, 6.07) is 1.77. The van der Waals surface area contributed by atoms with Gasteiger partial charge in [0.05, 0.1) is 22.8 Å². The molecular weight excluding hydrogens is 216 g/mol. The number of hydrogen-bond acceptors (Lipinski definition) is 3. The summed E-state index contributed by atoms with van der Waals surface area (Å²) in [7, 11) is 1.81. The van der Waals surface area contributed by atoms with Gasteiger partial charge in [0.15, 0.2) is 0 Å². The van der Waals surface area contributed by atoms with Crippen molar-refractivity contribution in [3.8, 4) is 0 Å². The summed E-state index contributed by atoms with van der Waals surface area (Å²) in [5, 5.41) is 9.14.